The van der Waals surface area contributed by atoms with Crippen molar-refractivity contribution in [3.63, 3.8) is 0 Å². The highest BCUT2D eigenvalue weighted by Crippen LogP contribution is 2.22. The molecule has 7 heteroatoms. The molecule has 120 valence electrons. The lowest BCUT2D eigenvalue weighted by atomic mass is 10.2. The molecule has 6 nitrogen and oxygen atoms in total. The Kier molecular flexibility index (Phi) is 5.24. The number of rotatable bonds is 5. The van der Waals surface area contributed by atoms with Crippen LogP contribution in [0, 0.1) is 5.82 Å². The Morgan fingerprint density at radius 2 is 2.09 bits per heavy atom. The number of carbonyl (C=O) groups is 1. The van der Waals surface area contributed by atoms with Crippen molar-refractivity contribution in [3.8, 4) is 6.01 Å². The van der Waals surface area contributed by atoms with Gasteiger partial charge in [-0.05, 0) is 12.1 Å². The quantitative estimate of drug-likeness (QED) is 0.858. The summed E-state index contributed by atoms with van der Waals surface area (Å²) in [6, 6.07) is 6.40. The van der Waals surface area contributed by atoms with Crippen molar-refractivity contribution in [2.24, 2.45) is 0 Å². The van der Waals surface area contributed by atoms with Crippen molar-refractivity contribution in [2.45, 2.75) is 0 Å². The molecule has 2 rings (SSSR count). The van der Waals surface area contributed by atoms with Crippen molar-refractivity contribution in [1.29, 1.82) is 0 Å². The minimum Gasteiger partial charge on any atom is -0.467 e. The van der Waals surface area contributed by atoms with Crippen LogP contribution in [0.25, 0.3) is 6.08 Å². The smallest absolute Gasteiger partial charge is 0.318 e. The number of methoxy groups -OCH3 is 1. The number of amides is 1. The molecule has 1 aromatic carbocycles. The van der Waals surface area contributed by atoms with Crippen LogP contribution in [0.2, 0.25) is 0 Å². The highest BCUT2D eigenvalue weighted by atomic mass is 19.1. The number of nitrogens with zero attached hydrogens (tertiary/aromatic N) is 3. The minimum atomic E-state index is -0.412. The predicted molar refractivity (Wildman–Crippen MR) is 87.0 cm³/mol. The summed E-state index contributed by atoms with van der Waals surface area (Å²) in [5.41, 5.74) is 0.764. The molecule has 0 atom stereocenters. The number of aromatic nitrogens is 2. The number of nitrogens with one attached hydrogen (secondary N) is 1. The molecule has 0 aliphatic carbocycles. The fourth-order valence-electron chi connectivity index (χ4n) is 1.83. The largest absolute Gasteiger partial charge is 0.467 e. The van der Waals surface area contributed by atoms with E-state index in [1.807, 2.05) is 0 Å². The predicted octanol–water partition coefficient (Wildman–Crippen LogP) is 2.34. The van der Waals surface area contributed by atoms with Crippen LogP contribution in [0.3, 0.4) is 0 Å². The molecular formula is C16H17FN4O2. The van der Waals surface area contributed by atoms with Gasteiger partial charge in [-0.25, -0.2) is 9.37 Å². The third kappa shape index (κ3) is 4.26. The van der Waals surface area contributed by atoms with Gasteiger partial charge in [-0.15, -0.1) is 0 Å². The summed E-state index contributed by atoms with van der Waals surface area (Å²) in [6.07, 6.45) is 4.11. The zero-order valence-corrected chi connectivity index (χ0v) is 13.1. The van der Waals surface area contributed by atoms with Gasteiger partial charge < -0.3 is 15.0 Å². The summed E-state index contributed by atoms with van der Waals surface area (Å²) in [5.74, 6) is -0.298. The van der Waals surface area contributed by atoms with Crippen LogP contribution in [-0.2, 0) is 4.79 Å². The first-order chi connectivity index (χ1) is 11.0. The maximum absolute atomic E-state index is 13.5. The summed E-state index contributed by atoms with van der Waals surface area (Å²) in [5, 5.41) is 2.66. The van der Waals surface area contributed by atoms with Crippen molar-refractivity contribution < 1.29 is 13.9 Å². The SMILES string of the molecule is COc1ncc(NC(=O)/C=C/c2ccccc2F)c(N(C)C)n1. The molecule has 1 amide bonds. The molecule has 0 saturated heterocycles. The maximum Gasteiger partial charge on any atom is 0.318 e. The average Bonchev–Trinajstić information content (AvgIpc) is 2.54. The number of hydrogen-bond acceptors (Lipinski definition) is 5. The van der Waals surface area contributed by atoms with Crippen LogP contribution >= 0.6 is 0 Å². The molecule has 1 heterocycles. The summed E-state index contributed by atoms with van der Waals surface area (Å²) in [6.45, 7) is 0. The standard InChI is InChI=1S/C16H17FN4O2/c1-21(2)15-13(10-18-16(20-15)23-3)19-14(22)9-8-11-6-4-5-7-12(11)17/h4-10H,1-3H3,(H,19,22)/b9-8+. The zero-order valence-electron chi connectivity index (χ0n) is 13.1. The van der Waals surface area contributed by atoms with Crippen LogP contribution in [0.4, 0.5) is 15.9 Å². The fourth-order valence-corrected chi connectivity index (χ4v) is 1.83. The van der Waals surface area contributed by atoms with E-state index in [-0.39, 0.29) is 6.01 Å². The monoisotopic (exact) mass is 316 g/mol. The van der Waals surface area contributed by atoms with Crippen LogP contribution < -0.4 is 15.0 Å². The van der Waals surface area contributed by atoms with Gasteiger partial charge in [0.1, 0.15) is 11.5 Å². The van der Waals surface area contributed by atoms with Gasteiger partial charge in [-0.3, -0.25) is 4.79 Å². The molecule has 1 N–H and O–H groups in total. The van der Waals surface area contributed by atoms with E-state index in [0.717, 1.165) is 0 Å². The van der Waals surface area contributed by atoms with Gasteiger partial charge in [0, 0.05) is 25.7 Å². The number of benzene rings is 1. The van der Waals surface area contributed by atoms with Gasteiger partial charge in [0.25, 0.3) is 0 Å². The Labute approximate surface area is 133 Å². The molecule has 0 bridgehead atoms. The van der Waals surface area contributed by atoms with E-state index < -0.39 is 11.7 Å². The molecule has 23 heavy (non-hydrogen) atoms. The highest BCUT2D eigenvalue weighted by molar-refractivity contribution is 6.03. The fraction of sp³-hybridized carbons (Fsp3) is 0.188. The van der Waals surface area contributed by atoms with E-state index in [9.17, 15) is 9.18 Å². The molecule has 0 radical (unpaired) electrons. The second-order valence-electron chi connectivity index (χ2n) is 4.83. The highest BCUT2D eigenvalue weighted by Gasteiger charge is 2.11. The molecule has 0 fully saturated rings. The van der Waals surface area contributed by atoms with Crippen LogP contribution in [0.5, 0.6) is 6.01 Å². The number of anilines is 2. The first-order valence-corrected chi connectivity index (χ1v) is 6.83. The van der Waals surface area contributed by atoms with Crippen LogP contribution in [0.15, 0.2) is 36.5 Å². The van der Waals surface area contributed by atoms with Gasteiger partial charge in [0.2, 0.25) is 5.91 Å². The molecular weight excluding hydrogens is 299 g/mol. The number of carbonyl (C=O) groups excluding carboxylic acids is 1. The molecule has 0 aliphatic rings. The lowest BCUT2D eigenvalue weighted by molar-refractivity contribution is -0.111. The first kappa shape index (κ1) is 16.4. The third-order valence-corrected chi connectivity index (χ3v) is 2.93. The Hall–Kier alpha value is -2.96. The summed E-state index contributed by atoms with van der Waals surface area (Å²) < 4.78 is 18.5. The Morgan fingerprint density at radius 1 is 1.35 bits per heavy atom. The molecule has 1 aromatic heterocycles. The van der Waals surface area contributed by atoms with Crippen molar-refractivity contribution in [3.05, 3.63) is 47.9 Å². The summed E-state index contributed by atoms with van der Waals surface area (Å²) in [7, 11) is 5.03. The molecule has 0 saturated carbocycles. The van der Waals surface area contributed by atoms with E-state index in [4.69, 9.17) is 4.74 Å². The van der Waals surface area contributed by atoms with Gasteiger partial charge in [-0.2, -0.15) is 4.98 Å². The lowest BCUT2D eigenvalue weighted by Gasteiger charge is -2.16. The average molecular weight is 316 g/mol. The first-order valence-electron chi connectivity index (χ1n) is 6.83. The van der Waals surface area contributed by atoms with Gasteiger partial charge >= 0.3 is 6.01 Å². The number of hydrogen-bond donors (Lipinski definition) is 1. The molecule has 0 spiro atoms. The Morgan fingerprint density at radius 3 is 2.74 bits per heavy atom. The van der Waals surface area contributed by atoms with Crippen molar-refractivity contribution in [1.82, 2.24) is 9.97 Å². The normalized spacial score (nSPS) is 10.6. The molecule has 2 aromatic rings. The van der Waals surface area contributed by atoms with E-state index in [2.05, 4.69) is 15.3 Å². The van der Waals surface area contributed by atoms with E-state index >= 15 is 0 Å². The number of ether oxygens (including phenoxy) is 1. The Balaban J connectivity index is 2.16. The second kappa shape index (κ2) is 7.35. The minimum absolute atomic E-state index is 0.202. The van der Waals surface area contributed by atoms with Gasteiger partial charge in [-0.1, -0.05) is 18.2 Å². The lowest BCUT2D eigenvalue weighted by Crippen LogP contribution is -2.17. The second-order valence-corrected chi connectivity index (χ2v) is 4.83. The van der Waals surface area contributed by atoms with Gasteiger partial charge in [0.05, 0.1) is 13.3 Å². The van der Waals surface area contributed by atoms with E-state index in [1.54, 1.807) is 37.2 Å². The third-order valence-electron chi connectivity index (χ3n) is 2.93. The molecule has 0 unspecified atom stereocenters. The zero-order chi connectivity index (χ0) is 16.8. The van der Waals surface area contributed by atoms with Crippen molar-refractivity contribution in [2.75, 3.05) is 31.4 Å². The van der Waals surface area contributed by atoms with Crippen LogP contribution in [-0.4, -0.2) is 37.1 Å². The van der Waals surface area contributed by atoms with Crippen molar-refractivity contribution >= 4 is 23.5 Å². The maximum atomic E-state index is 13.5. The van der Waals surface area contributed by atoms with E-state index in [1.165, 1.54) is 31.5 Å². The Bertz CT molecular complexity index is 732. The topological polar surface area (TPSA) is 67.3 Å². The van der Waals surface area contributed by atoms with Crippen LogP contribution in [0.1, 0.15) is 5.56 Å². The summed E-state index contributed by atoms with van der Waals surface area (Å²) in [4.78, 5) is 21.9. The van der Waals surface area contributed by atoms with E-state index in [0.29, 0.717) is 17.1 Å². The summed E-state index contributed by atoms with van der Waals surface area (Å²) >= 11 is 0. The molecule has 0 aliphatic heterocycles. The van der Waals surface area contributed by atoms with Gasteiger partial charge in [0.15, 0.2) is 5.82 Å². The number of halogens is 1.